The number of benzene rings is 2. The van der Waals surface area contributed by atoms with Gasteiger partial charge < -0.3 is 9.73 Å². The minimum atomic E-state index is -4.10. The Morgan fingerprint density at radius 2 is 1.85 bits per heavy atom. The van der Waals surface area contributed by atoms with Crippen LogP contribution in [0.3, 0.4) is 0 Å². The standard InChI is InChI=1S/C23H22N4O5S/c1-27-20-10-9-18(13-21(20)32-23(27)29)33(30,31)26-19(12-16-6-3-2-4-7-16)22(28)25-15-17-8-5-11-24-14-17/h2-11,13-14,19,26H,12,15H2,1H3,(H,25,28). The largest absolute Gasteiger partial charge is 0.419 e. The van der Waals surface area contributed by atoms with E-state index >= 15 is 0 Å². The van der Waals surface area contributed by atoms with Crippen LogP contribution in [-0.2, 0) is 34.8 Å². The van der Waals surface area contributed by atoms with E-state index in [-0.39, 0.29) is 23.4 Å². The number of hydrogen-bond acceptors (Lipinski definition) is 6. The molecule has 1 atom stereocenters. The van der Waals surface area contributed by atoms with Crippen molar-refractivity contribution in [3.63, 3.8) is 0 Å². The van der Waals surface area contributed by atoms with Gasteiger partial charge in [0, 0.05) is 32.1 Å². The van der Waals surface area contributed by atoms with Gasteiger partial charge in [0.05, 0.1) is 10.4 Å². The lowest BCUT2D eigenvalue weighted by Crippen LogP contribution is -2.47. The topological polar surface area (TPSA) is 123 Å². The van der Waals surface area contributed by atoms with Gasteiger partial charge in [-0.05, 0) is 35.7 Å². The molecule has 1 amide bonds. The van der Waals surface area contributed by atoms with E-state index < -0.39 is 27.7 Å². The number of sulfonamides is 1. The first-order valence-corrected chi connectivity index (χ1v) is 11.6. The van der Waals surface area contributed by atoms with Gasteiger partial charge in [-0.15, -0.1) is 0 Å². The highest BCUT2D eigenvalue weighted by Gasteiger charge is 2.27. The van der Waals surface area contributed by atoms with E-state index in [1.807, 2.05) is 36.4 Å². The van der Waals surface area contributed by atoms with Gasteiger partial charge in [0.2, 0.25) is 15.9 Å². The number of nitrogens with one attached hydrogen (secondary N) is 2. The molecule has 2 aromatic heterocycles. The number of carbonyl (C=O) groups is 1. The second kappa shape index (κ2) is 9.39. The molecule has 0 radical (unpaired) electrons. The smallest absolute Gasteiger partial charge is 0.408 e. The number of hydrogen-bond donors (Lipinski definition) is 2. The Morgan fingerprint density at radius 1 is 1.09 bits per heavy atom. The van der Waals surface area contributed by atoms with Crippen LogP contribution in [0.25, 0.3) is 11.1 Å². The maximum Gasteiger partial charge on any atom is 0.419 e. The van der Waals surface area contributed by atoms with E-state index in [2.05, 4.69) is 15.0 Å². The number of amides is 1. The minimum absolute atomic E-state index is 0.109. The van der Waals surface area contributed by atoms with Crippen LogP contribution in [0.1, 0.15) is 11.1 Å². The number of aryl methyl sites for hydroxylation is 1. The van der Waals surface area contributed by atoms with E-state index in [4.69, 9.17) is 4.42 Å². The zero-order valence-corrected chi connectivity index (χ0v) is 18.6. The molecule has 33 heavy (non-hydrogen) atoms. The van der Waals surface area contributed by atoms with Crippen molar-refractivity contribution < 1.29 is 17.6 Å². The molecule has 0 fully saturated rings. The molecule has 2 N–H and O–H groups in total. The minimum Gasteiger partial charge on any atom is -0.408 e. The number of nitrogens with zero attached hydrogens (tertiary/aromatic N) is 2. The number of oxazole rings is 1. The van der Waals surface area contributed by atoms with Gasteiger partial charge in [-0.1, -0.05) is 36.4 Å². The highest BCUT2D eigenvalue weighted by Crippen LogP contribution is 2.19. The monoisotopic (exact) mass is 466 g/mol. The van der Waals surface area contributed by atoms with Gasteiger partial charge in [0.1, 0.15) is 6.04 Å². The summed E-state index contributed by atoms with van der Waals surface area (Å²) in [5.74, 6) is -1.07. The molecule has 2 aromatic carbocycles. The molecule has 4 rings (SSSR count). The summed E-state index contributed by atoms with van der Waals surface area (Å²) in [6.07, 6.45) is 3.41. The Morgan fingerprint density at radius 3 is 2.58 bits per heavy atom. The normalized spacial score (nSPS) is 12.5. The van der Waals surface area contributed by atoms with Crippen LogP contribution >= 0.6 is 0 Å². The number of pyridine rings is 1. The van der Waals surface area contributed by atoms with Crippen LogP contribution < -0.4 is 15.8 Å². The molecule has 0 spiro atoms. The Balaban J connectivity index is 1.59. The summed E-state index contributed by atoms with van der Waals surface area (Å²) in [6.45, 7) is 0.209. The van der Waals surface area contributed by atoms with E-state index in [1.54, 1.807) is 18.5 Å². The van der Waals surface area contributed by atoms with Crippen molar-refractivity contribution in [2.45, 2.75) is 23.9 Å². The number of aromatic nitrogens is 2. The molecule has 9 nitrogen and oxygen atoms in total. The van der Waals surface area contributed by atoms with Gasteiger partial charge >= 0.3 is 5.76 Å². The Hall–Kier alpha value is -3.76. The number of rotatable bonds is 8. The maximum absolute atomic E-state index is 13.1. The molecular formula is C23H22N4O5S. The lowest BCUT2D eigenvalue weighted by molar-refractivity contribution is -0.122. The first kappa shape index (κ1) is 22.4. The third kappa shape index (κ3) is 5.18. The first-order chi connectivity index (χ1) is 15.8. The summed E-state index contributed by atoms with van der Waals surface area (Å²) in [4.78, 5) is 28.6. The molecule has 0 aliphatic carbocycles. The fraction of sp³-hybridized carbons (Fsp3) is 0.174. The zero-order chi connectivity index (χ0) is 23.4. The van der Waals surface area contributed by atoms with E-state index in [0.29, 0.717) is 5.52 Å². The summed E-state index contributed by atoms with van der Waals surface area (Å²) in [6, 6.07) is 15.8. The van der Waals surface area contributed by atoms with E-state index in [1.165, 1.54) is 29.8 Å². The van der Waals surface area contributed by atoms with Gasteiger partial charge in [-0.25, -0.2) is 13.2 Å². The summed E-state index contributed by atoms with van der Waals surface area (Å²) >= 11 is 0. The maximum atomic E-state index is 13.1. The summed E-state index contributed by atoms with van der Waals surface area (Å²) in [7, 11) is -2.57. The number of carbonyl (C=O) groups excluding carboxylic acids is 1. The van der Waals surface area contributed by atoms with Gasteiger partial charge in [0.15, 0.2) is 5.58 Å². The average Bonchev–Trinajstić information content (AvgIpc) is 3.11. The molecule has 10 heteroatoms. The van der Waals surface area contributed by atoms with Crippen molar-refractivity contribution in [2.24, 2.45) is 7.05 Å². The van der Waals surface area contributed by atoms with Crippen LogP contribution in [-0.4, -0.2) is 29.9 Å². The molecule has 2 heterocycles. The molecule has 1 unspecified atom stereocenters. The van der Waals surface area contributed by atoms with Gasteiger partial charge in [-0.2, -0.15) is 4.72 Å². The first-order valence-electron chi connectivity index (χ1n) is 10.2. The quantitative estimate of drug-likeness (QED) is 0.408. The molecule has 0 bridgehead atoms. The predicted octanol–water partition coefficient (Wildman–Crippen LogP) is 1.73. The summed E-state index contributed by atoms with van der Waals surface area (Å²) in [5, 5.41) is 2.76. The summed E-state index contributed by atoms with van der Waals surface area (Å²) in [5.41, 5.74) is 2.20. The van der Waals surface area contributed by atoms with E-state index in [9.17, 15) is 18.0 Å². The van der Waals surface area contributed by atoms with Crippen LogP contribution in [0, 0.1) is 0 Å². The molecule has 4 aromatic rings. The number of fused-ring (bicyclic) bond motifs is 1. The SMILES string of the molecule is Cn1c(=O)oc2cc(S(=O)(=O)NC(Cc3ccccc3)C(=O)NCc3cccnc3)ccc21. The van der Waals surface area contributed by atoms with Crippen molar-refractivity contribution in [3.05, 3.63) is 94.7 Å². The van der Waals surface area contributed by atoms with Gasteiger partial charge in [-0.3, -0.25) is 14.3 Å². The second-order valence-corrected chi connectivity index (χ2v) is 9.21. The van der Waals surface area contributed by atoms with Crippen molar-refractivity contribution in [2.75, 3.05) is 0 Å². The van der Waals surface area contributed by atoms with Crippen LogP contribution in [0.4, 0.5) is 0 Å². The fourth-order valence-corrected chi connectivity index (χ4v) is 4.60. The third-order valence-corrected chi connectivity index (χ3v) is 6.63. The third-order valence-electron chi connectivity index (χ3n) is 5.16. The Bertz CT molecular complexity index is 1430. The molecule has 0 saturated heterocycles. The van der Waals surface area contributed by atoms with Crippen molar-refractivity contribution >= 4 is 27.0 Å². The molecule has 0 aliphatic rings. The predicted molar refractivity (Wildman–Crippen MR) is 122 cm³/mol. The van der Waals surface area contributed by atoms with Crippen molar-refractivity contribution in [3.8, 4) is 0 Å². The van der Waals surface area contributed by atoms with Crippen LogP contribution in [0.2, 0.25) is 0 Å². The molecule has 170 valence electrons. The van der Waals surface area contributed by atoms with Gasteiger partial charge in [0.25, 0.3) is 0 Å². The highest BCUT2D eigenvalue weighted by molar-refractivity contribution is 7.89. The molecular weight excluding hydrogens is 444 g/mol. The fourth-order valence-electron chi connectivity index (χ4n) is 3.39. The Kier molecular flexibility index (Phi) is 6.38. The van der Waals surface area contributed by atoms with E-state index in [0.717, 1.165) is 11.1 Å². The van der Waals surface area contributed by atoms with Crippen molar-refractivity contribution in [1.82, 2.24) is 19.6 Å². The lowest BCUT2D eigenvalue weighted by atomic mass is 10.1. The zero-order valence-electron chi connectivity index (χ0n) is 17.8. The van der Waals surface area contributed by atoms with Crippen LogP contribution in [0.15, 0.2) is 87.2 Å². The molecule has 0 saturated carbocycles. The summed E-state index contributed by atoms with van der Waals surface area (Å²) < 4.78 is 35.1. The van der Waals surface area contributed by atoms with Crippen LogP contribution in [0.5, 0.6) is 0 Å². The second-order valence-electron chi connectivity index (χ2n) is 7.50. The molecule has 0 aliphatic heterocycles. The highest BCUT2D eigenvalue weighted by atomic mass is 32.2. The van der Waals surface area contributed by atoms with Crippen molar-refractivity contribution in [1.29, 1.82) is 0 Å². The Labute approximate surface area is 190 Å². The lowest BCUT2D eigenvalue weighted by Gasteiger charge is -2.19. The average molecular weight is 467 g/mol.